The molecule has 4 heteroatoms. The first-order valence-electron chi connectivity index (χ1n) is 6.65. The maximum Gasteiger partial charge on any atom is 0.236 e. The van der Waals surface area contributed by atoms with Gasteiger partial charge in [0.1, 0.15) is 0 Å². The van der Waals surface area contributed by atoms with Crippen molar-refractivity contribution in [2.75, 3.05) is 26.7 Å². The molecule has 1 unspecified atom stereocenters. The van der Waals surface area contributed by atoms with Crippen LogP contribution in [0.4, 0.5) is 0 Å². The number of carbonyl (C=O) groups excluding carboxylic acids is 1. The minimum atomic E-state index is 0.222. The summed E-state index contributed by atoms with van der Waals surface area (Å²) in [6.07, 6.45) is 2.24. The van der Waals surface area contributed by atoms with Crippen molar-refractivity contribution >= 4 is 5.91 Å². The van der Waals surface area contributed by atoms with Gasteiger partial charge in [0, 0.05) is 19.1 Å². The van der Waals surface area contributed by atoms with Crippen molar-refractivity contribution in [2.24, 2.45) is 11.7 Å². The molecule has 0 radical (unpaired) electrons. The van der Waals surface area contributed by atoms with E-state index in [0.717, 1.165) is 25.9 Å². The maximum atomic E-state index is 11.9. The summed E-state index contributed by atoms with van der Waals surface area (Å²) < 4.78 is 0. The standard InChI is InChI=1S/C13H27N3O/c1-10(2)15(4)13(17)9-16-7-5-12(6-8-16)11(3)14/h10-12H,5-9,14H2,1-4H3. The fraction of sp³-hybridized carbons (Fsp3) is 0.923. The molecule has 0 spiro atoms. The van der Waals surface area contributed by atoms with Gasteiger partial charge in [-0.05, 0) is 52.6 Å². The van der Waals surface area contributed by atoms with Crippen molar-refractivity contribution in [2.45, 2.75) is 45.7 Å². The molecule has 100 valence electrons. The van der Waals surface area contributed by atoms with Crippen molar-refractivity contribution < 1.29 is 4.79 Å². The van der Waals surface area contributed by atoms with Crippen LogP contribution in [0.1, 0.15) is 33.6 Å². The molecule has 1 aliphatic heterocycles. The van der Waals surface area contributed by atoms with Crippen molar-refractivity contribution in [1.82, 2.24) is 9.80 Å². The third-order valence-corrected chi connectivity index (χ3v) is 3.90. The van der Waals surface area contributed by atoms with Crippen LogP contribution in [0, 0.1) is 5.92 Å². The smallest absolute Gasteiger partial charge is 0.236 e. The van der Waals surface area contributed by atoms with Gasteiger partial charge in [-0.25, -0.2) is 0 Å². The average molecular weight is 241 g/mol. The van der Waals surface area contributed by atoms with Crippen LogP contribution in [0.5, 0.6) is 0 Å². The lowest BCUT2D eigenvalue weighted by Crippen LogP contribution is -2.45. The van der Waals surface area contributed by atoms with Gasteiger partial charge in [0.05, 0.1) is 6.54 Å². The highest BCUT2D eigenvalue weighted by atomic mass is 16.2. The highest BCUT2D eigenvalue weighted by Gasteiger charge is 2.24. The second-order valence-electron chi connectivity index (χ2n) is 5.57. The molecule has 0 bridgehead atoms. The number of likely N-dealkylation sites (N-methyl/N-ethyl adjacent to an activating group) is 1. The zero-order valence-electron chi connectivity index (χ0n) is 11.6. The predicted molar refractivity (Wildman–Crippen MR) is 70.7 cm³/mol. The van der Waals surface area contributed by atoms with Gasteiger partial charge in [0.2, 0.25) is 5.91 Å². The maximum absolute atomic E-state index is 11.9. The molecule has 1 aliphatic rings. The summed E-state index contributed by atoms with van der Waals surface area (Å²) in [5, 5.41) is 0. The van der Waals surface area contributed by atoms with Gasteiger partial charge in [0.25, 0.3) is 0 Å². The van der Waals surface area contributed by atoms with Crippen molar-refractivity contribution in [3.63, 3.8) is 0 Å². The molecule has 1 fully saturated rings. The first-order valence-corrected chi connectivity index (χ1v) is 6.65. The Morgan fingerprint density at radius 1 is 1.35 bits per heavy atom. The SMILES string of the molecule is CC(N)C1CCN(CC(=O)N(C)C(C)C)CC1. The van der Waals surface area contributed by atoms with E-state index in [2.05, 4.69) is 11.8 Å². The van der Waals surface area contributed by atoms with Crippen LogP contribution in [0.25, 0.3) is 0 Å². The summed E-state index contributed by atoms with van der Waals surface area (Å²) in [5.41, 5.74) is 5.91. The lowest BCUT2D eigenvalue weighted by Gasteiger charge is -2.34. The Kier molecular flexibility index (Phi) is 5.40. The van der Waals surface area contributed by atoms with Crippen molar-refractivity contribution in [3.8, 4) is 0 Å². The number of amides is 1. The Bertz CT molecular complexity index is 245. The number of hydrogen-bond donors (Lipinski definition) is 1. The number of rotatable bonds is 4. The van der Waals surface area contributed by atoms with Crippen LogP contribution in [-0.2, 0) is 4.79 Å². The minimum Gasteiger partial charge on any atom is -0.342 e. The molecule has 2 N–H and O–H groups in total. The molecular weight excluding hydrogens is 214 g/mol. The van der Waals surface area contributed by atoms with Gasteiger partial charge in [0.15, 0.2) is 0 Å². The van der Waals surface area contributed by atoms with Gasteiger partial charge >= 0.3 is 0 Å². The van der Waals surface area contributed by atoms with Crippen LogP contribution >= 0.6 is 0 Å². The van der Waals surface area contributed by atoms with Gasteiger partial charge in [-0.1, -0.05) is 0 Å². The van der Waals surface area contributed by atoms with E-state index < -0.39 is 0 Å². The van der Waals surface area contributed by atoms with Crippen LogP contribution in [0.3, 0.4) is 0 Å². The van der Waals surface area contributed by atoms with E-state index in [4.69, 9.17) is 5.73 Å². The summed E-state index contributed by atoms with van der Waals surface area (Å²) in [7, 11) is 1.88. The summed E-state index contributed by atoms with van der Waals surface area (Å²) in [6, 6.07) is 0.565. The van der Waals surface area contributed by atoms with Crippen LogP contribution < -0.4 is 5.73 Å². The molecule has 4 nitrogen and oxygen atoms in total. The third kappa shape index (κ3) is 4.28. The summed E-state index contributed by atoms with van der Waals surface area (Å²) >= 11 is 0. The van der Waals surface area contributed by atoms with Gasteiger partial charge in [-0.3, -0.25) is 9.69 Å². The van der Waals surface area contributed by atoms with E-state index in [1.165, 1.54) is 0 Å². The van der Waals surface area contributed by atoms with E-state index in [1.54, 1.807) is 0 Å². The predicted octanol–water partition coefficient (Wildman–Crippen LogP) is 0.912. The Hall–Kier alpha value is -0.610. The second kappa shape index (κ2) is 6.36. The molecule has 1 saturated heterocycles. The highest BCUT2D eigenvalue weighted by Crippen LogP contribution is 2.19. The molecule has 1 amide bonds. The molecular formula is C13H27N3O. The van der Waals surface area contributed by atoms with Crippen LogP contribution in [0.2, 0.25) is 0 Å². The third-order valence-electron chi connectivity index (χ3n) is 3.90. The Balaban J connectivity index is 2.33. The van der Waals surface area contributed by atoms with Crippen molar-refractivity contribution in [1.29, 1.82) is 0 Å². The lowest BCUT2D eigenvalue weighted by atomic mass is 9.91. The van der Waals surface area contributed by atoms with E-state index in [9.17, 15) is 4.79 Å². The monoisotopic (exact) mass is 241 g/mol. The Labute approximate surface area is 105 Å². The number of carbonyl (C=O) groups is 1. The number of piperidine rings is 1. The fourth-order valence-corrected chi connectivity index (χ4v) is 2.23. The summed E-state index contributed by atoms with van der Waals surface area (Å²) in [4.78, 5) is 16.0. The normalized spacial score (nSPS) is 20.6. The van der Waals surface area contributed by atoms with Gasteiger partial charge in [-0.15, -0.1) is 0 Å². The quantitative estimate of drug-likeness (QED) is 0.796. The van der Waals surface area contributed by atoms with Gasteiger partial charge < -0.3 is 10.6 Å². The molecule has 17 heavy (non-hydrogen) atoms. The van der Waals surface area contributed by atoms with Crippen LogP contribution in [0.15, 0.2) is 0 Å². The van der Waals surface area contributed by atoms with E-state index in [0.29, 0.717) is 12.5 Å². The molecule has 0 aromatic heterocycles. The van der Waals surface area contributed by atoms with E-state index in [1.807, 2.05) is 25.8 Å². The fourth-order valence-electron chi connectivity index (χ4n) is 2.23. The number of hydrogen-bond acceptors (Lipinski definition) is 3. The number of nitrogens with zero attached hydrogens (tertiary/aromatic N) is 2. The largest absolute Gasteiger partial charge is 0.342 e. The highest BCUT2D eigenvalue weighted by molar-refractivity contribution is 5.78. The molecule has 1 heterocycles. The van der Waals surface area contributed by atoms with Crippen LogP contribution in [-0.4, -0.2) is 54.5 Å². The zero-order valence-corrected chi connectivity index (χ0v) is 11.6. The second-order valence-corrected chi connectivity index (χ2v) is 5.57. The first kappa shape index (κ1) is 14.5. The molecule has 0 saturated carbocycles. The van der Waals surface area contributed by atoms with Crippen molar-refractivity contribution in [3.05, 3.63) is 0 Å². The van der Waals surface area contributed by atoms with E-state index in [-0.39, 0.29) is 18.0 Å². The zero-order chi connectivity index (χ0) is 13.0. The average Bonchev–Trinajstić information content (AvgIpc) is 2.28. The minimum absolute atomic E-state index is 0.222. The lowest BCUT2D eigenvalue weighted by molar-refractivity contribution is -0.132. The number of nitrogens with two attached hydrogens (primary N) is 1. The molecule has 0 aromatic carbocycles. The summed E-state index contributed by atoms with van der Waals surface area (Å²) in [6.45, 7) is 8.73. The molecule has 0 aromatic rings. The van der Waals surface area contributed by atoms with Gasteiger partial charge in [-0.2, -0.15) is 0 Å². The van der Waals surface area contributed by atoms with E-state index >= 15 is 0 Å². The first-order chi connectivity index (χ1) is 7.91. The topological polar surface area (TPSA) is 49.6 Å². The molecule has 1 atom stereocenters. The molecule has 0 aliphatic carbocycles. The Morgan fingerprint density at radius 2 is 1.88 bits per heavy atom. The Morgan fingerprint density at radius 3 is 2.29 bits per heavy atom. The number of likely N-dealkylation sites (tertiary alicyclic amines) is 1. The summed E-state index contributed by atoms with van der Waals surface area (Å²) in [5.74, 6) is 0.850. The molecule has 1 rings (SSSR count).